The van der Waals surface area contributed by atoms with Crippen LogP contribution in [0, 0.1) is 0 Å². The normalized spacial score (nSPS) is 16.7. The van der Waals surface area contributed by atoms with Crippen molar-refractivity contribution in [2.75, 3.05) is 0 Å². The third-order valence-corrected chi connectivity index (χ3v) is 4.85. The van der Waals surface area contributed by atoms with E-state index in [1.54, 1.807) is 10.9 Å². The molecule has 1 saturated carbocycles. The molecule has 2 aromatic rings. The summed E-state index contributed by atoms with van der Waals surface area (Å²) in [4.78, 5) is 0. The number of thiophene rings is 1. The van der Waals surface area contributed by atoms with E-state index in [9.17, 15) is 0 Å². The molecule has 102 valence electrons. The third kappa shape index (κ3) is 2.91. The fraction of sp³-hybridized carbons (Fsp3) is 0.462. The molecule has 0 radical (unpaired) electrons. The molecule has 0 amide bonds. The predicted molar refractivity (Wildman–Crippen MR) is 79.0 cm³/mol. The van der Waals surface area contributed by atoms with E-state index in [1.807, 2.05) is 12.1 Å². The van der Waals surface area contributed by atoms with Crippen LogP contribution in [-0.2, 0) is 0 Å². The minimum Gasteiger partial charge on any atom is -0.485 e. The van der Waals surface area contributed by atoms with Crippen molar-refractivity contribution >= 4 is 34.5 Å². The standard InChI is InChI=1S/C13H14Cl2N2OS/c14-11-6-7-12(19-11)17-13(15)10(8-16-17)18-9-4-2-1-3-5-9/h6-9H,1-5H2. The van der Waals surface area contributed by atoms with Crippen molar-refractivity contribution < 1.29 is 4.74 Å². The van der Waals surface area contributed by atoms with E-state index in [0.717, 1.165) is 22.2 Å². The molecule has 0 saturated heterocycles. The highest BCUT2D eigenvalue weighted by Gasteiger charge is 2.19. The number of rotatable bonds is 3. The number of nitrogens with zero attached hydrogens (tertiary/aromatic N) is 2. The Morgan fingerprint density at radius 3 is 2.68 bits per heavy atom. The van der Waals surface area contributed by atoms with Gasteiger partial charge in [0.2, 0.25) is 0 Å². The van der Waals surface area contributed by atoms with Crippen molar-refractivity contribution in [1.29, 1.82) is 0 Å². The van der Waals surface area contributed by atoms with Crippen LogP contribution in [0.3, 0.4) is 0 Å². The maximum absolute atomic E-state index is 6.33. The Labute approximate surface area is 126 Å². The molecule has 0 spiro atoms. The molecule has 1 aliphatic carbocycles. The predicted octanol–water partition coefficient (Wildman–Crippen LogP) is 4.95. The maximum atomic E-state index is 6.33. The second kappa shape index (κ2) is 5.73. The summed E-state index contributed by atoms with van der Waals surface area (Å²) in [7, 11) is 0. The molecule has 1 fully saturated rings. The van der Waals surface area contributed by atoms with Gasteiger partial charge < -0.3 is 4.74 Å². The monoisotopic (exact) mass is 316 g/mol. The molecule has 19 heavy (non-hydrogen) atoms. The first-order valence-corrected chi connectivity index (χ1v) is 7.97. The van der Waals surface area contributed by atoms with Crippen molar-refractivity contribution in [2.45, 2.75) is 38.2 Å². The summed E-state index contributed by atoms with van der Waals surface area (Å²) < 4.78 is 8.33. The zero-order valence-corrected chi connectivity index (χ0v) is 12.6. The van der Waals surface area contributed by atoms with E-state index < -0.39 is 0 Å². The third-order valence-electron chi connectivity index (χ3n) is 3.29. The number of aromatic nitrogens is 2. The minimum atomic E-state index is 0.274. The van der Waals surface area contributed by atoms with E-state index in [1.165, 1.54) is 30.6 Å². The molecule has 0 aromatic carbocycles. The SMILES string of the molecule is Clc1ccc(-n2ncc(OC3CCCCC3)c2Cl)s1. The van der Waals surface area contributed by atoms with Crippen molar-refractivity contribution in [3.63, 3.8) is 0 Å². The highest BCUT2D eigenvalue weighted by atomic mass is 35.5. The minimum absolute atomic E-state index is 0.274. The van der Waals surface area contributed by atoms with Gasteiger partial charge in [0.1, 0.15) is 5.00 Å². The zero-order chi connectivity index (χ0) is 13.2. The second-order valence-electron chi connectivity index (χ2n) is 4.67. The summed E-state index contributed by atoms with van der Waals surface area (Å²) in [6.45, 7) is 0. The number of halogens is 2. The van der Waals surface area contributed by atoms with Crippen molar-refractivity contribution in [3.8, 4) is 10.8 Å². The summed E-state index contributed by atoms with van der Waals surface area (Å²) in [5.41, 5.74) is 0. The van der Waals surface area contributed by atoms with Gasteiger partial charge in [-0.2, -0.15) is 5.10 Å². The van der Waals surface area contributed by atoms with Crippen LogP contribution in [0.15, 0.2) is 18.3 Å². The van der Waals surface area contributed by atoms with Crippen LogP contribution in [0.2, 0.25) is 9.49 Å². The number of ether oxygens (including phenoxy) is 1. The lowest BCUT2D eigenvalue weighted by Crippen LogP contribution is -2.19. The van der Waals surface area contributed by atoms with Gasteiger partial charge in [-0.25, -0.2) is 4.68 Å². The van der Waals surface area contributed by atoms with Crippen LogP contribution in [0.5, 0.6) is 5.75 Å². The topological polar surface area (TPSA) is 27.1 Å². The first kappa shape index (κ1) is 13.3. The number of hydrogen-bond donors (Lipinski definition) is 0. The lowest BCUT2D eigenvalue weighted by Gasteiger charge is -2.22. The van der Waals surface area contributed by atoms with E-state index >= 15 is 0 Å². The molecule has 0 bridgehead atoms. The average molecular weight is 317 g/mol. The Bertz CT molecular complexity index is 561. The Hall–Kier alpha value is -0.710. The van der Waals surface area contributed by atoms with Gasteiger partial charge in [-0.05, 0) is 37.8 Å². The fourth-order valence-corrected chi connectivity index (χ4v) is 3.61. The van der Waals surface area contributed by atoms with E-state index in [-0.39, 0.29) is 6.10 Å². The van der Waals surface area contributed by atoms with Crippen LogP contribution in [0.25, 0.3) is 5.00 Å². The molecule has 2 aromatic heterocycles. The molecular weight excluding hydrogens is 303 g/mol. The Morgan fingerprint density at radius 2 is 2.00 bits per heavy atom. The summed E-state index contributed by atoms with van der Waals surface area (Å²) in [6.07, 6.45) is 7.94. The van der Waals surface area contributed by atoms with Crippen LogP contribution >= 0.6 is 34.5 Å². The highest BCUT2D eigenvalue weighted by Crippen LogP contribution is 2.33. The van der Waals surface area contributed by atoms with Crippen LogP contribution in [0.4, 0.5) is 0 Å². The zero-order valence-electron chi connectivity index (χ0n) is 10.3. The quantitative estimate of drug-likeness (QED) is 0.800. The number of hydrogen-bond acceptors (Lipinski definition) is 3. The van der Waals surface area contributed by atoms with E-state index in [2.05, 4.69) is 5.10 Å². The molecule has 0 aliphatic heterocycles. The molecule has 0 atom stereocenters. The smallest absolute Gasteiger partial charge is 0.177 e. The second-order valence-corrected chi connectivity index (χ2v) is 6.72. The summed E-state index contributed by atoms with van der Waals surface area (Å²) in [5.74, 6) is 0.665. The first-order valence-electron chi connectivity index (χ1n) is 6.40. The Kier molecular flexibility index (Phi) is 4.01. The van der Waals surface area contributed by atoms with Gasteiger partial charge in [-0.3, -0.25) is 0 Å². The van der Waals surface area contributed by atoms with Gasteiger partial charge in [0.25, 0.3) is 0 Å². The molecule has 1 aliphatic rings. The maximum Gasteiger partial charge on any atom is 0.177 e. The van der Waals surface area contributed by atoms with Crippen LogP contribution < -0.4 is 4.74 Å². The average Bonchev–Trinajstić information content (AvgIpc) is 2.99. The molecule has 3 rings (SSSR count). The fourth-order valence-electron chi connectivity index (χ4n) is 2.33. The van der Waals surface area contributed by atoms with E-state index in [0.29, 0.717) is 10.9 Å². The van der Waals surface area contributed by atoms with Crippen molar-refractivity contribution in [1.82, 2.24) is 9.78 Å². The summed E-state index contributed by atoms with van der Waals surface area (Å²) >= 11 is 13.7. The Balaban J connectivity index is 1.78. The molecular formula is C13H14Cl2N2OS. The van der Waals surface area contributed by atoms with Crippen LogP contribution in [0.1, 0.15) is 32.1 Å². The molecule has 3 nitrogen and oxygen atoms in total. The van der Waals surface area contributed by atoms with Gasteiger partial charge in [0.05, 0.1) is 16.6 Å². The van der Waals surface area contributed by atoms with Gasteiger partial charge in [0.15, 0.2) is 10.9 Å². The lowest BCUT2D eigenvalue weighted by atomic mass is 9.98. The van der Waals surface area contributed by atoms with Gasteiger partial charge in [-0.15, -0.1) is 11.3 Å². The van der Waals surface area contributed by atoms with Gasteiger partial charge in [-0.1, -0.05) is 29.6 Å². The summed E-state index contributed by atoms with van der Waals surface area (Å²) in [6, 6.07) is 3.73. The molecule has 6 heteroatoms. The van der Waals surface area contributed by atoms with Crippen molar-refractivity contribution in [2.24, 2.45) is 0 Å². The van der Waals surface area contributed by atoms with Crippen LogP contribution in [-0.4, -0.2) is 15.9 Å². The van der Waals surface area contributed by atoms with Crippen molar-refractivity contribution in [3.05, 3.63) is 27.8 Å². The first-order chi connectivity index (χ1) is 9.24. The van der Waals surface area contributed by atoms with E-state index in [4.69, 9.17) is 27.9 Å². The molecule has 2 heterocycles. The highest BCUT2D eigenvalue weighted by molar-refractivity contribution is 7.18. The largest absolute Gasteiger partial charge is 0.485 e. The summed E-state index contributed by atoms with van der Waals surface area (Å²) in [5, 5.41) is 5.69. The lowest BCUT2D eigenvalue weighted by molar-refractivity contribution is 0.155. The molecule has 0 unspecified atom stereocenters. The Morgan fingerprint density at radius 1 is 1.21 bits per heavy atom. The molecule has 0 N–H and O–H groups in total. The van der Waals surface area contributed by atoms with Gasteiger partial charge in [0, 0.05) is 0 Å². The van der Waals surface area contributed by atoms with Gasteiger partial charge >= 0.3 is 0 Å².